The Morgan fingerprint density at radius 1 is 1.07 bits per heavy atom. The van der Waals surface area contributed by atoms with Crippen LogP contribution in [-0.4, -0.2) is 19.6 Å². The van der Waals surface area contributed by atoms with Gasteiger partial charge in [-0.25, -0.2) is 0 Å². The summed E-state index contributed by atoms with van der Waals surface area (Å²) in [6.45, 7) is 7.66. The van der Waals surface area contributed by atoms with Crippen molar-refractivity contribution in [3.05, 3.63) is 0 Å². The summed E-state index contributed by atoms with van der Waals surface area (Å²) in [5.41, 5.74) is 5.50. The molecule has 1 atom stereocenters. The van der Waals surface area contributed by atoms with Crippen molar-refractivity contribution in [3.8, 4) is 0 Å². The predicted octanol–water partition coefficient (Wildman–Crippen LogP) is 2.92. The molecule has 0 saturated carbocycles. The molecule has 0 saturated heterocycles. The van der Waals surface area contributed by atoms with Gasteiger partial charge in [-0.1, -0.05) is 46.0 Å². The van der Waals surface area contributed by atoms with E-state index >= 15 is 0 Å². The summed E-state index contributed by atoms with van der Waals surface area (Å²) in [4.78, 5) is 0. The van der Waals surface area contributed by atoms with E-state index in [2.05, 4.69) is 19.2 Å². The quantitative estimate of drug-likeness (QED) is 0.519. The highest BCUT2D eigenvalue weighted by molar-refractivity contribution is 4.57. The van der Waals surface area contributed by atoms with Crippen molar-refractivity contribution in [2.45, 2.75) is 58.8 Å². The summed E-state index contributed by atoms with van der Waals surface area (Å²) in [7, 11) is 0. The first-order valence-electron chi connectivity index (χ1n) is 6.72. The van der Waals surface area contributed by atoms with E-state index in [1.807, 2.05) is 0 Å². The number of unbranched alkanes of at least 4 members (excludes halogenated alkanes) is 5. The van der Waals surface area contributed by atoms with E-state index in [0.717, 1.165) is 25.4 Å². The monoisotopic (exact) mass is 214 g/mol. The largest absolute Gasteiger partial charge is 0.330 e. The third kappa shape index (κ3) is 11.8. The lowest BCUT2D eigenvalue weighted by Crippen LogP contribution is -2.23. The van der Waals surface area contributed by atoms with E-state index in [9.17, 15) is 0 Å². The van der Waals surface area contributed by atoms with Gasteiger partial charge in [0.1, 0.15) is 0 Å². The molecule has 15 heavy (non-hydrogen) atoms. The zero-order valence-electron chi connectivity index (χ0n) is 10.7. The second kappa shape index (κ2) is 12.0. The smallest absolute Gasteiger partial charge is 0.00227 e. The molecule has 0 bridgehead atoms. The lowest BCUT2D eigenvalue weighted by molar-refractivity contribution is 0.475. The lowest BCUT2D eigenvalue weighted by Gasteiger charge is -2.10. The van der Waals surface area contributed by atoms with Gasteiger partial charge < -0.3 is 11.1 Å². The first kappa shape index (κ1) is 14.9. The van der Waals surface area contributed by atoms with Crippen LogP contribution >= 0.6 is 0 Å². The Morgan fingerprint density at radius 2 is 1.73 bits per heavy atom. The molecule has 0 spiro atoms. The molecule has 0 aromatic rings. The maximum atomic E-state index is 5.50. The molecule has 0 aliphatic heterocycles. The topological polar surface area (TPSA) is 38.0 Å². The van der Waals surface area contributed by atoms with Crippen LogP contribution in [0.5, 0.6) is 0 Å². The molecule has 1 unspecified atom stereocenters. The van der Waals surface area contributed by atoms with Crippen LogP contribution in [0.1, 0.15) is 58.8 Å². The molecule has 3 N–H and O–H groups in total. The molecule has 0 aromatic carbocycles. The molecule has 2 nitrogen and oxygen atoms in total. The van der Waals surface area contributed by atoms with Crippen molar-refractivity contribution in [3.63, 3.8) is 0 Å². The summed E-state index contributed by atoms with van der Waals surface area (Å²) in [5, 5.41) is 3.51. The molecule has 0 fully saturated rings. The van der Waals surface area contributed by atoms with Crippen molar-refractivity contribution in [2.24, 2.45) is 11.7 Å². The van der Waals surface area contributed by atoms with E-state index in [1.54, 1.807) is 0 Å². The van der Waals surface area contributed by atoms with Crippen LogP contribution in [0.4, 0.5) is 0 Å². The average Bonchev–Trinajstić information content (AvgIpc) is 2.22. The van der Waals surface area contributed by atoms with Crippen LogP contribution in [0, 0.1) is 5.92 Å². The van der Waals surface area contributed by atoms with E-state index < -0.39 is 0 Å². The molecule has 0 aliphatic carbocycles. The maximum absolute atomic E-state index is 5.50. The third-order valence-corrected chi connectivity index (χ3v) is 2.86. The second-order valence-electron chi connectivity index (χ2n) is 4.65. The van der Waals surface area contributed by atoms with E-state index in [-0.39, 0.29) is 0 Å². The van der Waals surface area contributed by atoms with Crippen molar-refractivity contribution in [1.29, 1.82) is 0 Å². The molecule has 0 amide bonds. The van der Waals surface area contributed by atoms with Crippen LogP contribution < -0.4 is 11.1 Å². The van der Waals surface area contributed by atoms with Crippen LogP contribution in [0.15, 0.2) is 0 Å². The van der Waals surface area contributed by atoms with Gasteiger partial charge in [-0.15, -0.1) is 0 Å². The van der Waals surface area contributed by atoms with Gasteiger partial charge in [0, 0.05) is 0 Å². The minimum Gasteiger partial charge on any atom is -0.330 e. The molecule has 0 aromatic heterocycles. The Hall–Kier alpha value is -0.0800. The number of rotatable bonds is 11. The molecule has 0 radical (unpaired) electrons. The SMILES string of the molecule is CCCCCCCCNCC(C)CCN. The first-order chi connectivity index (χ1) is 7.31. The summed E-state index contributed by atoms with van der Waals surface area (Å²) in [6.07, 6.45) is 9.44. The van der Waals surface area contributed by atoms with Crippen molar-refractivity contribution >= 4 is 0 Å². The van der Waals surface area contributed by atoms with Crippen LogP contribution in [0.2, 0.25) is 0 Å². The Balaban J connectivity index is 2.98. The van der Waals surface area contributed by atoms with Gasteiger partial charge in [-0.3, -0.25) is 0 Å². The molecule has 2 heteroatoms. The molecule has 0 heterocycles. The van der Waals surface area contributed by atoms with Gasteiger partial charge in [0.15, 0.2) is 0 Å². The van der Waals surface area contributed by atoms with Crippen molar-refractivity contribution in [1.82, 2.24) is 5.32 Å². The fraction of sp³-hybridized carbons (Fsp3) is 1.00. The number of hydrogen-bond donors (Lipinski definition) is 2. The minimum absolute atomic E-state index is 0.732. The summed E-state index contributed by atoms with van der Waals surface area (Å²) >= 11 is 0. The van der Waals surface area contributed by atoms with E-state index in [0.29, 0.717) is 0 Å². The molecule has 92 valence electrons. The molecule has 0 rings (SSSR count). The van der Waals surface area contributed by atoms with Crippen LogP contribution in [-0.2, 0) is 0 Å². The zero-order chi connectivity index (χ0) is 11.4. The Kier molecular flexibility index (Phi) is 11.9. The Morgan fingerprint density at radius 3 is 2.40 bits per heavy atom. The van der Waals surface area contributed by atoms with Gasteiger partial charge in [0.05, 0.1) is 0 Å². The van der Waals surface area contributed by atoms with Crippen LogP contribution in [0.25, 0.3) is 0 Å². The Labute approximate surface area is 96.0 Å². The zero-order valence-corrected chi connectivity index (χ0v) is 10.7. The fourth-order valence-electron chi connectivity index (χ4n) is 1.77. The van der Waals surface area contributed by atoms with Gasteiger partial charge in [0.2, 0.25) is 0 Å². The van der Waals surface area contributed by atoms with Crippen LogP contribution in [0.3, 0.4) is 0 Å². The predicted molar refractivity (Wildman–Crippen MR) is 69.1 cm³/mol. The summed E-state index contributed by atoms with van der Waals surface area (Å²) < 4.78 is 0. The lowest BCUT2D eigenvalue weighted by atomic mass is 10.1. The maximum Gasteiger partial charge on any atom is -0.00227 e. The molecular weight excluding hydrogens is 184 g/mol. The number of hydrogen-bond acceptors (Lipinski definition) is 2. The Bertz CT molecular complexity index is 115. The van der Waals surface area contributed by atoms with E-state index in [1.165, 1.54) is 45.1 Å². The van der Waals surface area contributed by atoms with Crippen molar-refractivity contribution < 1.29 is 0 Å². The fourth-order valence-corrected chi connectivity index (χ4v) is 1.77. The highest BCUT2D eigenvalue weighted by Gasteiger charge is 1.98. The van der Waals surface area contributed by atoms with Gasteiger partial charge >= 0.3 is 0 Å². The standard InChI is InChI=1S/C13H30N2/c1-3-4-5-6-7-8-11-15-12-13(2)9-10-14/h13,15H,3-12,14H2,1-2H3. The van der Waals surface area contributed by atoms with Gasteiger partial charge in [-0.05, 0) is 38.4 Å². The third-order valence-electron chi connectivity index (χ3n) is 2.86. The molecular formula is C13H30N2. The molecule has 0 aliphatic rings. The average molecular weight is 214 g/mol. The number of nitrogens with one attached hydrogen (secondary N) is 1. The van der Waals surface area contributed by atoms with Crippen molar-refractivity contribution in [2.75, 3.05) is 19.6 Å². The minimum atomic E-state index is 0.732. The summed E-state index contributed by atoms with van der Waals surface area (Å²) in [5.74, 6) is 0.732. The van der Waals surface area contributed by atoms with Gasteiger partial charge in [0.25, 0.3) is 0 Å². The normalized spacial score (nSPS) is 13.0. The number of nitrogens with two attached hydrogens (primary N) is 1. The highest BCUT2D eigenvalue weighted by Crippen LogP contribution is 2.04. The first-order valence-corrected chi connectivity index (χ1v) is 6.72. The highest BCUT2D eigenvalue weighted by atomic mass is 14.8. The summed E-state index contributed by atoms with van der Waals surface area (Å²) in [6, 6.07) is 0. The van der Waals surface area contributed by atoms with E-state index in [4.69, 9.17) is 5.73 Å². The second-order valence-corrected chi connectivity index (χ2v) is 4.65. The van der Waals surface area contributed by atoms with Gasteiger partial charge in [-0.2, -0.15) is 0 Å².